The summed E-state index contributed by atoms with van der Waals surface area (Å²) in [6.07, 6.45) is 1.64. The van der Waals surface area contributed by atoms with Gasteiger partial charge in [-0.2, -0.15) is 0 Å². The number of hydrogen-bond donors (Lipinski definition) is 1. The van der Waals surface area contributed by atoms with E-state index in [1.54, 1.807) is 0 Å². The van der Waals surface area contributed by atoms with Crippen LogP contribution in [-0.4, -0.2) is 41.6 Å². The van der Waals surface area contributed by atoms with Crippen LogP contribution in [0, 0.1) is 13.8 Å². The fourth-order valence-corrected chi connectivity index (χ4v) is 1.94. The minimum Gasteiger partial charge on any atom is -0.493 e. The molecule has 21 heavy (non-hydrogen) atoms. The Bertz CT molecular complexity index is 525. The first-order valence-electron chi connectivity index (χ1n) is 6.74. The monoisotopic (exact) mass is 291 g/mol. The number of ether oxygens (including phenoxy) is 1. The molecule has 0 heterocycles. The minimum atomic E-state index is -1.04. The Hall–Kier alpha value is -2.30. The van der Waals surface area contributed by atoms with Crippen molar-refractivity contribution in [2.24, 2.45) is 0 Å². The molecule has 0 aromatic heterocycles. The molecule has 1 N–H and O–H groups in total. The first-order valence-corrected chi connectivity index (χ1v) is 6.74. The fraction of sp³-hybridized carbons (Fsp3) is 0.375. The van der Waals surface area contributed by atoms with Gasteiger partial charge in [-0.1, -0.05) is 23.8 Å². The third-order valence-corrected chi connectivity index (χ3v) is 2.93. The molecule has 1 amide bonds. The minimum absolute atomic E-state index is 0.133. The largest absolute Gasteiger partial charge is 0.493 e. The van der Waals surface area contributed by atoms with Crippen molar-refractivity contribution in [3.05, 3.63) is 42.0 Å². The highest BCUT2D eigenvalue weighted by molar-refractivity contribution is 5.81. The predicted molar refractivity (Wildman–Crippen MR) is 80.4 cm³/mol. The Morgan fingerprint density at radius 1 is 1.38 bits per heavy atom. The summed E-state index contributed by atoms with van der Waals surface area (Å²) in [7, 11) is 0. The topological polar surface area (TPSA) is 66.8 Å². The quantitative estimate of drug-likeness (QED) is 0.745. The van der Waals surface area contributed by atoms with Crippen molar-refractivity contribution in [3.63, 3.8) is 0 Å². The summed E-state index contributed by atoms with van der Waals surface area (Å²) in [5.74, 6) is -0.565. The third-order valence-electron chi connectivity index (χ3n) is 2.93. The fourth-order valence-electron chi connectivity index (χ4n) is 1.94. The molecule has 1 rings (SSSR count). The number of aryl methyl sites for hydroxylation is 2. The molecule has 0 radical (unpaired) electrons. The van der Waals surface area contributed by atoms with Crippen LogP contribution >= 0.6 is 0 Å². The van der Waals surface area contributed by atoms with Gasteiger partial charge in [0.1, 0.15) is 12.3 Å². The van der Waals surface area contributed by atoms with Crippen molar-refractivity contribution < 1.29 is 19.4 Å². The molecule has 0 aliphatic rings. The molecular formula is C16H21NO4. The van der Waals surface area contributed by atoms with Crippen molar-refractivity contribution in [2.45, 2.75) is 20.3 Å². The van der Waals surface area contributed by atoms with Gasteiger partial charge >= 0.3 is 5.97 Å². The Morgan fingerprint density at radius 2 is 2.10 bits per heavy atom. The van der Waals surface area contributed by atoms with Crippen LogP contribution < -0.4 is 4.74 Å². The average molecular weight is 291 g/mol. The Balaban J connectivity index is 2.51. The van der Waals surface area contributed by atoms with Crippen LogP contribution in [0.15, 0.2) is 30.9 Å². The van der Waals surface area contributed by atoms with E-state index in [2.05, 4.69) is 6.58 Å². The maximum Gasteiger partial charge on any atom is 0.323 e. The van der Waals surface area contributed by atoms with Gasteiger partial charge in [0.2, 0.25) is 5.91 Å². The standard InChI is InChI=1S/C16H21NO4/c1-4-8-17(11-16(19)20)15(18)7-9-21-14-6-5-12(2)10-13(14)3/h4-6,10H,1,7-9,11H2,2-3H3,(H,19,20). The van der Waals surface area contributed by atoms with E-state index in [0.29, 0.717) is 0 Å². The number of carbonyl (C=O) groups excluding carboxylic acids is 1. The number of carboxylic acids is 1. The summed E-state index contributed by atoms with van der Waals surface area (Å²) in [6, 6.07) is 5.82. The van der Waals surface area contributed by atoms with Crippen LogP contribution in [0.5, 0.6) is 5.75 Å². The third kappa shape index (κ3) is 5.69. The van der Waals surface area contributed by atoms with Gasteiger partial charge in [-0.25, -0.2) is 0 Å². The Morgan fingerprint density at radius 3 is 2.67 bits per heavy atom. The molecule has 1 aromatic carbocycles. The van der Waals surface area contributed by atoms with E-state index < -0.39 is 5.97 Å². The van der Waals surface area contributed by atoms with Gasteiger partial charge in [0, 0.05) is 6.54 Å². The molecule has 5 heteroatoms. The van der Waals surface area contributed by atoms with E-state index in [9.17, 15) is 9.59 Å². The zero-order chi connectivity index (χ0) is 15.8. The van der Waals surface area contributed by atoms with E-state index in [1.165, 1.54) is 11.0 Å². The highest BCUT2D eigenvalue weighted by atomic mass is 16.5. The lowest BCUT2D eigenvalue weighted by Crippen LogP contribution is -2.36. The maximum atomic E-state index is 11.9. The summed E-state index contributed by atoms with van der Waals surface area (Å²) < 4.78 is 5.57. The van der Waals surface area contributed by atoms with Gasteiger partial charge < -0.3 is 14.7 Å². The molecule has 0 saturated carbocycles. The Kier molecular flexibility index (Phi) is 6.46. The molecule has 0 spiro atoms. The van der Waals surface area contributed by atoms with Crippen molar-refractivity contribution in [2.75, 3.05) is 19.7 Å². The van der Waals surface area contributed by atoms with Crippen molar-refractivity contribution in [1.82, 2.24) is 4.90 Å². The molecule has 0 atom stereocenters. The molecule has 0 bridgehead atoms. The van der Waals surface area contributed by atoms with Gasteiger partial charge in [-0.15, -0.1) is 6.58 Å². The number of carboxylic acid groups (broad SMARTS) is 1. The lowest BCUT2D eigenvalue weighted by atomic mass is 10.1. The summed E-state index contributed by atoms with van der Waals surface area (Å²) >= 11 is 0. The van der Waals surface area contributed by atoms with Gasteiger partial charge in [0.25, 0.3) is 0 Å². The average Bonchev–Trinajstić information content (AvgIpc) is 2.40. The van der Waals surface area contributed by atoms with Crippen LogP contribution in [0.1, 0.15) is 17.5 Å². The lowest BCUT2D eigenvalue weighted by Gasteiger charge is -2.19. The summed E-state index contributed by atoms with van der Waals surface area (Å²) in [4.78, 5) is 23.9. The molecule has 1 aromatic rings. The van der Waals surface area contributed by atoms with E-state index in [-0.39, 0.29) is 32.0 Å². The SMILES string of the molecule is C=CCN(CC(=O)O)C(=O)CCOc1ccc(C)cc1C. The highest BCUT2D eigenvalue weighted by Crippen LogP contribution is 2.18. The first-order chi connectivity index (χ1) is 9.93. The molecular weight excluding hydrogens is 270 g/mol. The smallest absolute Gasteiger partial charge is 0.323 e. The van der Waals surface area contributed by atoms with E-state index in [4.69, 9.17) is 9.84 Å². The number of benzene rings is 1. The van der Waals surface area contributed by atoms with Gasteiger partial charge in [-0.3, -0.25) is 9.59 Å². The number of nitrogens with zero attached hydrogens (tertiary/aromatic N) is 1. The summed E-state index contributed by atoms with van der Waals surface area (Å²) in [5.41, 5.74) is 2.16. The second-order valence-electron chi connectivity index (χ2n) is 4.82. The zero-order valence-corrected chi connectivity index (χ0v) is 12.5. The maximum absolute atomic E-state index is 11.9. The van der Waals surface area contributed by atoms with Crippen molar-refractivity contribution in [1.29, 1.82) is 0 Å². The van der Waals surface area contributed by atoms with Gasteiger partial charge in [-0.05, 0) is 25.5 Å². The second-order valence-corrected chi connectivity index (χ2v) is 4.82. The van der Waals surface area contributed by atoms with Gasteiger partial charge in [0.15, 0.2) is 0 Å². The highest BCUT2D eigenvalue weighted by Gasteiger charge is 2.15. The van der Waals surface area contributed by atoms with E-state index >= 15 is 0 Å². The normalized spacial score (nSPS) is 10.0. The predicted octanol–water partition coefficient (Wildman–Crippen LogP) is 2.17. The number of aliphatic carboxylic acids is 1. The van der Waals surface area contributed by atoms with Crippen molar-refractivity contribution >= 4 is 11.9 Å². The number of hydrogen-bond acceptors (Lipinski definition) is 3. The molecule has 0 saturated heterocycles. The molecule has 0 unspecified atom stereocenters. The molecule has 114 valence electrons. The number of rotatable bonds is 8. The molecule has 5 nitrogen and oxygen atoms in total. The van der Waals surface area contributed by atoms with E-state index in [0.717, 1.165) is 16.9 Å². The Labute approximate surface area is 124 Å². The van der Waals surface area contributed by atoms with Crippen LogP contribution in [0.25, 0.3) is 0 Å². The van der Waals surface area contributed by atoms with Crippen LogP contribution in [-0.2, 0) is 9.59 Å². The summed E-state index contributed by atoms with van der Waals surface area (Å²) in [6.45, 7) is 7.57. The lowest BCUT2D eigenvalue weighted by molar-refractivity contribution is -0.144. The van der Waals surface area contributed by atoms with Crippen molar-refractivity contribution in [3.8, 4) is 5.75 Å². The molecule has 0 aliphatic heterocycles. The van der Waals surface area contributed by atoms with Crippen LogP contribution in [0.4, 0.5) is 0 Å². The second kappa shape index (κ2) is 8.09. The van der Waals surface area contributed by atoms with Crippen LogP contribution in [0.2, 0.25) is 0 Å². The number of amides is 1. The van der Waals surface area contributed by atoms with Crippen LogP contribution in [0.3, 0.4) is 0 Å². The number of carbonyl (C=O) groups is 2. The molecule has 0 aliphatic carbocycles. The van der Waals surface area contributed by atoms with Gasteiger partial charge in [0.05, 0.1) is 13.0 Å². The molecule has 0 fully saturated rings. The van der Waals surface area contributed by atoms with E-state index in [1.807, 2.05) is 32.0 Å². The first kappa shape index (κ1) is 16.8. The summed E-state index contributed by atoms with van der Waals surface area (Å²) in [5, 5.41) is 8.77. The zero-order valence-electron chi connectivity index (χ0n) is 12.5.